The monoisotopic (exact) mass is 258 g/mol. The topological polar surface area (TPSA) is 55.1 Å². The van der Waals surface area contributed by atoms with Crippen molar-refractivity contribution in [3.63, 3.8) is 0 Å². The van der Waals surface area contributed by atoms with Crippen molar-refractivity contribution in [3.8, 4) is 0 Å². The largest absolute Gasteiger partial charge is 0.481 e. The van der Waals surface area contributed by atoms with Crippen molar-refractivity contribution in [1.82, 2.24) is 9.55 Å². The average molecular weight is 258 g/mol. The summed E-state index contributed by atoms with van der Waals surface area (Å²) in [7, 11) is 2.04. The van der Waals surface area contributed by atoms with Crippen LogP contribution in [0.5, 0.6) is 0 Å². The molecule has 2 aromatic rings. The number of aliphatic carboxylic acids is 1. The summed E-state index contributed by atoms with van der Waals surface area (Å²) >= 11 is 0. The molecule has 1 fully saturated rings. The summed E-state index contributed by atoms with van der Waals surface area (Å²) in [4.78, 5) is 15.9. The Morgan fingerprint density at radius 3 is 2.84 bits per heavy atom. The number of aromatic nitrogens is 2. The zero-order valence-corrected chi connectivity index (χ0v) is 11.3. The molecule has 1 aliphatic rings. The summed E-state index contributed by atoms with van der Waals surface area (Å²) in [5.41, 5.74) is 2.86. The summed E-state index contributed by atoms with van der Waals surface area (Å²) < 4.78 is 2.14. The minimum Gasteiger partial charge on any atom is -0.481 e. The number of rotatable bonds is 4. The Morgan fingerprint density at radius 1 is 1.53 bits per heavy atom. The third kappa shape index (κ3) is 2.01. The standard InChI is InChI=1S/C15H18N2O2/c1-3-11(15(18)19)10-6-7-13-12(8-10)16-14(17(13)2)9-4-5-9/h6-9,11H,3-5H2,1-2H3,(H,18,19). The summed E-state index contributed by atoms with van der Waals surface area (Å²) in [6.07, 6.45) is 3.04. The Bertz CT molecular complexity index is 641. The average Bonchev–Trinajstić information content (AvgIpc) is 3.16. The molecule has 4 heteroatoms. The first kappa shape index (κ1) is 12.2. The molecule has 0 radical (unpaired) electrons. The summed E-state index contributed by atoms with van der Waals surface area (Å²) in [5.74, 6) is 0.536. The van der Waals surface area contributed by atoms with Gasteiger partial charge in [0.05, 0.1) is 17.0 Å². The molecule has 1 heterocycles. The fraction of sp³-hybridized carbons (Fsp3) is 0.467. The lowest BCUT2D eigenvalue weighted by Crippen LogP contribution is -2.10. The molecule has 19 heavy (non-hydrogen) atoms. The van der Waals surface area contributed by atoms with E-state index in [9.17, 15) is 9.90 Å². The molecule has 0 amide bonds. The normalized spacial score (nSPS) is 16.7. The van der Waals surface area contributed by atoms with Crippen LogP contribution in [-0.2, 0) is 11.8 Å². The molecule has 100 valence electrons. The summed E-state index contributed by atoms with van der Waals surface area (Å²) in [6.45, 7) is 1.90. The van der Waals surface area contributed by atoms with Gasteiger partial charge >= 0.3 is 5.97 Å². The number of aryl methyl sites for hydroxylation is 1. The lowest BCUT2D eigenvalue weighted by molar-refractivity contribution is -0.138. The van der Waals surface area contributed by atoms with Crippen LogP contribution in [0.3, 0.4) is 0 Å². The van der Waals surface area contributed by atoms with Crippen LogP contribution >= 0.6 is 0 Å². The molecular formula is C15H18N2O2. The number of hydrogen-bond donors (Lipinski definition) is 1. The molecule has 0 spiro atoms. The van der Waals surface area contributed by atoms with Gasteiger partial charge < -0.3 is 9.67 Å². The third-order valence-electron chi connectivity index (χ3n) is 3.99. The summed E-state index contributed by atoms with van der Waals surface area (Å²) in [5, 5.41) is 9.23. The van der Waals surface area contributed by atoms with Gasteiger partial charge in [-0.15, -0.1) is 0 Å². The lowest BCUT2D eigenvalue weighted by atomic mass is 9.96. The maximum Gasteiger partial charge on any atom is 0.310 e. The van der Waals surface area contributed by atoms with Crippen LogP contribution in [0, 0.1) is 0 Å². The maximum atomic E-state index is 11.2. The van der Waals surface area contributed by atoms with Crippen LogP contribution in [0.1, 0.15) is 49.4 Å². The van der Waals surface area contributed by atoms with E-state index in [0.29, 0.717) is 12.3 Å². The highest BCUT2D eigenvalue weighted by molar-refractivity contribution is 5.81. The summed E-state index contributed by atoms with van der Waals surface area (Å²) in [6, 6.07) is 5.85. The van der Waals surface area contributed by atoms with Crippen molar-refractivity contribution in [1.29, 1.82) is 0 Å². The van der Waals surface area contributed by atoms with Crippen LogP contribution in [0.2, 0.25) is 0 Å². The molecule has 1 atom stereocenters. The van der Waals surface area contributed by atoms with E-state index in [1.165, 1.54) is 12.8 Å². The zero-order valence-electron chi connectivity index (χ0n) is 11.3. The quantitative estimate of drug-likeness (QED) is 0.917. The number of benzene rings is 1. The smallest absolute Gasteiger partial charge is 0.310 e. The van der Waals surface area contributed by atoms with Crippen molar-refractivity contribution in [2.75, 3.05) is 0 Å². The second kappa shape index (κ2) is 4.37. The van der Waals surface area contributed by atoms with Crippen molar-refractivity contribution < 1.29 is 9.90 Å². The SMILES string of the molecule is CCC(C(=O)O)c1ccc2c(c1)nc(C1CC1)n2C. The van der Waals surface area contributed by atoms with Gasteiger partial charge in [0.1, 0.15) is 5.82 Å². The predicted molar refractivity (Wildman–Crippen MR) is 73.4 cm³/mol. The van der Waals surface area contributed by atoms with E-state index < -0.39 is 11.9 Å². The first-order chi connectivity index (χ1) is 9.11. The predicted octanol–water partition coefficient (Wildman–Crippen LogP) is 3.03. The van der Waals surface area contributed by atoms with Crippen molar-refractivity contribution in [3.05, 3.63) is 29.6 Å². The van der Waals surface area contributed by atoms with Gasteiger partial charge in [0.25, 0.3) is 0 Å². The van der Waals surface area contributed by atoms with Gasteiger partial charge in [-0.1, -0.05) is 13.0 Å². The van der Waals surface area contributed by atoms with Gasteiger partial charge in [0.2, 0.25) is 0 Å². The van der Waals surface area contributed by atoms with E-state index >= 15 is 0 Å². The Morgan fingerprint density at radius 2 is 2.26 bits per heavy atom. The van der Waals surface area contributed by atoms with E-state index in [0.717, 1.165) is 22.4 Å². The van der Waals surface area contributed by atoms with Gasteiger partial charge in [-0.2, -0.15) is 0 Å². The van der Waals surface area contributed by atoms with Gasteiger partial charge in [-0.05, 0) is 37.0 Å². The van der Waals surface area contributed by atoms with E-state index in [1.807, 2.05) is 32.2 Å². The molecule has 3 rings (SSSR count). The molecule has 1 unspecified atom stereocenters. The van der Waals surface area contributed by atoms with Gasteiger partial charge in [-0.3, -0.25) is 4.79 Å². The molecule has 1 aliphatic carbocycles. The van der Waals surface area contributed by atoms with E-state index in [2.05, 4.69) is 9.55 Å². The van der Waals surface area contributed by atoms with Gasteiger partial charge in [0, 0.05) is 13.0 Å². The molecule has 4 nitrogen and oxygen atoms in total. The first-order valence-electron chi connectivity index (χ1n) is 6.81. The van der Waals surface area contributed by atoms with Crippen LogP contribution in [0.4, 0.5) is 0 Å². The number of nitrogens with zero attached hydrogens (tertiary/aromatic N) is 2. The third-order valence-corrected chi connectivity index (χ3v) is 3.99. The Balaban J connectivity index is 2.07. The van der Waals surface area contributed by atoms with E-state index in [1.54, 1.807) is 0 Å². The van der Waals surface area contributed by atoms with Gasteiger partial charge in [0.15, 0.2) is 0 Å². The highest BCUT2D eigenvalue weighted by atomic mass is 16.4. The van der Waals surface area contributed by atoms with E-state index in [-0.39, 0.29) is 0 Å². The second-order valence-corrected chi connectivity index (χ2v) is 5.35. The molecule has 1 N–H and O–H groups in total. The molecule has 0 aliphatic heterocycles. The van der Waals surface area contributed by atoms with Crippen LogP contribution < -0.4 is 0 Å². The molecular weight excluding hydrogens is 240 g/mol. The molecule has 0 saturated heterocycles. The fourth-order valence-corrected chi connectivity index (χ4v) is 2.71. The zero-order chi connectivity index (χ0) is 13.6. The molecule has 1 saturated carbocycles. The maximum absolute atomic E-state index is 11.2. The Labute approximate surface area is 112 Å². The van der Waals surface area contributed by atoms with Crippen molar-refractivity contribution >= 4 is 17.0 Å². The Hall–Kier alpha value is -1.84. The number of imidazole rings is 1. The van der Waals surface area contributed by atoms with Crippen molar-refractivity contribution in [2.24, 2.45) is 7.05 Å². The number of fused-ring (bicyclic) bond motifs is 1. The van der Waals surface area contributed by atoms with Crippen LogP contribution in [0.15, 0.2) is 18.2 Å². The molecule has 1 aromatic carbocycles. The first-order valence-corrected chi connectivity index (χ1v) is 6.81. The van der Waals surface area contributed by atoms with Crippen LogP contribution in [-0.4, -0.2) is 20.6 Å². The molecule has 1 aromatic heterocycles. The van der Waals surface area contributed by atoms with Gasteiger partial charge in [-0.25, -0.2) is 4.98 Å². The second-order valence-electron chi connectivity index (χ2n) is 5.35. The number of carboxylic acid groups (broad SMARTS) is 1. The minimum absolute atomic E-state index is 0.434. The highest BCUT2D eigenvalue weighted by Crippen LogP contribution is 2.40. The number of carboxylic acids is 1. The van der Waals surface area contributed by atoms with Crippen molar-refractivity contribution in [2.45, 2.75) is 38.0 Å². The number of hydrogen-bond acceptors (Lipinski definition) is 2. The van der Waals surface area contributed by atoms with Crippen LogP contribution in [0.25, 0.3) is 11.0 Å². The Kier molecular flexibility index (Phi) is 2.81. The number of carbonyl (C=O) groups is 1. The lowest BCUT2D eigenvalue weighted by Gasteiger charge is -2.09. The minimum atomic E-state index is -0.764. The fourth-order valence-electron chi connectivity index (χ4n) is 2.71. The van der Waals surface area contributed by atoms with E-state index in [4.69, 9.17) is 0 Å². The highest BCUT2D eigenvalue weighted by Gasteiger charge is 2.29. The molecule has 0 bridgehead atoms.